The summed E-state index contributed by atoms with van der Waals surface area (Å²) in [5, 5.41) is 5.66. The predicted octanol–water partition coefficient (Wildman–Crippen LogP) is 2.12. The normalized spacial score (nSPS) is 20.5. The van der Waals surface area contributed by atoms with Gasteiger partial charge in [0.2, 0.25) is 5.91 Å². The number of nitrogens with two attached hydrogens (primary N) is 1. The lowest BCUT2D eigenvalue weighted by molar-refractivity contribution is -0.126. The first kappa shape index (κ1) is 17.4. The van der Waals surface area contributed by atoms with Crippen LogP contribution in [0.2, 0.25) is 0 Å². The van der Waals surface area contributed by atoms with Crippen LogP contribution in [0.5, 0.6) is 0 Å². The van der Waals surface area contributed by atoms with E-state index in [0.29, 0.717) is 36.7 Å². The van der Waals surface area contributed by atoms with Gasteiger partial charge in [-0.15, -0.1) is 0 Å². The molecule has 1 fully saturated rings. The van der Waals surface area contributed by atoms with Gasteiger partial charge in [0.1, 0.15) is 6.10 Å². The fourth-order valence-electron chi connectivity index (χ4n) is 2.51. The van der Waals surface area contributed by atoms with E-state index >= 15 is 0 Å². The number of carbonyl (C=O) groups is 2. The van der Waals surface area contributed by atoms with Gasteiger partial charge >= 0.3 is 0 Å². The van der Waals surface area contributed by atoms with Crippen molar-refractivity contribution in [2.45, 2.75) is 45.3 Å². The molecule has 1 aliphatic rings. The Bertz CT molecular complexity index is 543. The molecule has 1 saturated heterocycles. The van der Waals surface area contributed by atoms with E-state index in [-0.39, 0.29) is 17.9 Å². The molecule has 4 N–H and O–H groups in total. The second-order valence-electron chi connectivity index (χ2n) is 6.27. The fourth-order valence-corrected chi connectivity index (χ4v) is 2.51. The number of ether oxygens (including phenoxy) is 1. The average molecular weight is 319 g/mol. The summed E-state index contributed by atoms with van der Waals surface area (Å²) in [7, 11) is 0. The minimum atomic E-state index is -0.436. The van der Waals surface area contributed by atoms with Gasteiger partial charge in [0.25, 0.3) is 5.91 Å². The van der Waals surface area contributed by atoms with Crippen molar-refractivity contribution in [3.05, 3.63) is 24.3 Å². The summed E-state index contributed by atoms with van der Waals surface area (Å²) in [6, 6.07) is 7.06. The van der Waals surface area contributed by atoms with Gasteiger partial charge in [0.15, 0.2) is 0 Å². The van der Waals surface area contributed by atoms with Crippen LogP contribution in [-0.4, -0.2) is 30.6 Å². The third kappa shape index (κ3) is 5.33. The zero-order valence-corrected chi connectivity index (χ0v) is 13.7. The molecule has 1 aromatic rings. The molecule has 6 nitrogen and oxygen atoms in total. The lowest BCUT2D eigenvalue weighted by Crippen LogP contribution is -2.29. The monoisotopic (exact) mass is 319 g/mol. The summed E-state index contributed by atoms with van der Waals surface area (Å²) in [5.74, 6) is 0.152. The minimum absolute atomic E-state index is 0.0102. The maximum absolute atomic E-state index is 12.1. The van der Waals surface area contributed by atoms with Crippen LogP contribution in [0.4, 0.5) is 11.4 Å². The summed E-state index contributed by atoms with van der Waals surface area (Å²) in [6.07, 6.45) is 1.53. The van der Waals surface area contributed by atoms with E-state index in [1.807, 2.05) is 13.8 Å². The van der Waals surface area contributed by atoms with Gasteiger partial charge in [-0.25, -0.2) is 0 Å². The molecule has 2 atom stereocenters. The van der Waals surface area contributed by atoms with Gasteiger partial charge < -0.3 is 21.1 Å². The van der Waals surface area contributed by atoms with Crippen LogP contribution in [-0.2, 0) is 14.3 Å². The number of anilines is 2. The van der Waals surface area contributed by atoms with E-state index in [2.05, 4.69) is 10.6 Å². The van der Waals surface area contributed by atoms with Crippen molar-refractivity contribution in [1.29, 1.82) is 0 Å². The van der Waals surface area contributed by atoms with E-state index in [4.69, 9.17) is 10.5 Å². The molecule has 0 saturated carbocycles. The standard InChI is InChI=1S/C17H25N3O3/c1-11(2)9-16(21)19-12-3-5-13(6-4-12)20-17(22)15-8-7-14(10-18)23-15/h3-6,11,14-15H,7-10,18H2,1-2H3,(H,19,21)(H,20,22)/t14-,15+/m1/s1. The topological polar surface area (TPSA) is 93.5 Å². The van der Waals surface area contributed by atoms with Crippen molar-refractivity contribution < 1.29 is 14.3 Å². The van der Waals surface area contributed by atoms with Crippen molar-refractivity contribution in [2.75, 3.05) is 17.2 Å². The Morgan fingerprint density at radius 3 is 2.30 bits per heavy atom. The quantitative estimate of drug-likeness (QED) is 0.748. The van der Waals surface area contributed by atoms with E-state index < -0.39 is 6.10 Å². The Morgan fingerprint density at radius 2 is 1.78 bits per heavy atom. The first-order valence-corrected chi connectivity index (χ1v) is 8.04. The third-order valence-electron chi connectivity index (χ3n) is 3.69. The number of carbonyl (C=O) groups excluding carboxylic acids is 2. The van der Waals surface area contributed by atoms with Crippen LogP contribution in [0.1, 0.15) is 33.1 Å². The lowest BCUT2D eigenvalue weighted by atomic mass is 10.1. The molecule has 0 radical (unpaired) electrons. The van der Waals surface area contributed by atoms with E-state index in [1.165, 1.54) is 0 Å². The Balaban J connectivity index is 1.85. The highest BCUT2D eigenvalue weighted by Gasteiger charge is 2.29. The van der Waals surface area contributed by atoms with Crippen LogP contribution >= 0.6 is 0 Å². The Kier molecular flexibility index (Phi) is 6.12. The molecule has 23 heavy (non-hydrogen) atoms. The Hall–Kier alpha value is -1.92. The second kappa shape index (κ2) is 8.08. The van der Waals surface area contributed by atoms with Crippen molar-refractivity contribution in [2.24, 2.45) is 11.7 Å². The largest absolute Gasteiger partial charge is 0.364 e. The zero-order chi connectivity index (χ0) is 16.8. The summed E-state index contributed by atoms with van der Waals surface area (Å²) >= 11 is 0. The van der Waals surface area contributed by atoms with E-state index in [0.717, 1.165) is 6.42 Å². The molecule has 1 aliphatic heterocycles. The summed E-state index contributed by atoms with van der Waals surface area (Å²) < 4.78 is 5.56. The van der Waals surface area contributed by atoms with Crippen LogP contribution < -0.4 is 16.4 Å². The van der Waals surface area contributed by atoms with E-state index in [1.54, 1.807) is 24.3 Å². The first-order chi connectivity index (χ1) is 11.0. The average Bonchev–Trinajstić information content (AvgIpc) is 2.97. The van der Waals surface area contributed by atoms with Crippen LogP contribution in [0.3, 0.4) is 0 Å². The molecule has 0 aliphatic carbocycles. The van der Waals surface area contributed by atoms with Gasteiger partial charge in [-0.2, -0.15) is 0 Å². The van der Waals surface area contributed by atoms with Gasteiger partial charge in [-0.1, -0.05) is 13.8 Å². The fraction of sp³-hybridized carbons (Fsp3) is 0.529. The highest BCUT2D eigenvalue weighted by atomic mass is 16.5. The SMILES string of the molecule is CC(C)CC(=O)Nc1ccc(NC(=O)[C@@H]2CC[C@H](CN)O2)cc1. The minimum Gasteiger partial charge on any atom is -0.364 e. The van der Waals surface area contributed by atoms with Crippen molar-refractivity contribution >= 4 is 23.2 Å². The Morgan fingerprint density at radius 1 is 1.17 bits per heavy atom. The number of hydrogen-bond acceptors (Lipinski definition) is 4. The molecule has 0 spiro atoms. The maximum atomic E-state index is 12.1. The summed E-state index contributed by atoms with van der Waals surface area (Å²) in [4.78, 5) is 23.8. The van der Waals surface area contributed by atoms with Gasteiger partial charge in [0, 0.05) is 24.3 Å². The van der Waals surface area contributed by atoms with Gasteiger partial charge in [-0.3, -0.25) is 9.59 Å². The number of rotatable bonds is 6. The summed E-state index contributed by atoms with van der Waals surface area (Å²) in [6.45, 7) is 4.44. The van der Waals surface area contributed by atoms with Crippen LogP contribution in [0.25, 0.3) is 0 Å². The molecular weight excluding hydrogens is 294 g/mol. The molecule has 1 heterocycles. The molecule has 2 amide bonds. The number of hydrogen-bond donors (Lipinski definition) is 3. The highest BCUT2D eigenvalue weighted by molar-refractivity contribution is 5.95. The van der Waals surface area contributed by atoms with Crippen LogP contribution in [0.15, 0.2) is 24.3 Å². The zero-order valence-electron chi connectivity index (χ0n) is 13.7. The van der Waals surface area contributed by atoms with E-state index in [9.17, 15) is 9.59 Å². The first-order valence-electron chi connectivity index (χ1n) is 8.04. The number of benzene rings is 1. The Labute approximate surface area is 136 Å². The van der Waals surface area contributed by atoms with Crippen molar-refractivity contribution in [3.63, 3.8) is 0 Å². The molecular formula is C17H25N3O3. The molecule has 0 unspecified atom stereocenters. The molecule has 0 aromatic heterocycles. The molecule has 126 valence electrons. The predicted molar refractivity (Wildman–Crippen MR) is 90.1 cm³/mol. The molecule has 0 bridgehead atoms. The van der Waals surface area contributed by atoms with Gasteiger partial charge in [-0.05, 0) is 43.0 Å². The van der Waals surface area contributed by atoms with Crippen molar-refractivity contribution in [1.82, 2.24) is 0 Å². The smallest absolute Gasteiger partial charge is 0.253 e. The third-order valence-corrected chi connectivity index (χ3v) is 3.69. The maximum Gasteiger partial charge on any atom is 0.253 e. The molecule has 1 aromatic carbocycles. The lowest BCUT2D eigenvalue weighted by Gasteiger charge is -2.13. The highest BCUT2D eigenvalue weighted by Crippen LogP contribution is 2.21. The van der Waals surface area contributed by atoms with Crippen LogP contribution in [0, 0.1) is 5.92 Å². The second-order valence-corrected chi connectivity index (χ2v) is 6.27. The summed E-state index contributed by atoms with van der Waals surface area (Å²) in [5.41, 5.74) is 6.94. The van der Waals surface area contributed by atoms with Gasteiger partial charge in [0.05, 0.1) is 6.10 Å². The number of nitrogens with one attached hydrogen (secondary N) is 2. The number of amides is 2. The van der Waals surface area contributed by atoms with Crippen molar-refractivity contribution in [3.8, 4) is 0 Å². The molecule has 2 rings (SSSR count). The molecule has 6 heteroatoms.